The first-order valence-electron chi connectivity index (χ1n) is 14.9. The molecular formula is C34H41NO5Se. The molecule has 8 atom stereocenters. The van der Waals surface area contributed by atoms with E-state index in [1.165, 1.54) is 10.0 Å². The van der Waals surface area contributed by atoms with Crippen LogP contribution in [-0.2, 0) is 30.2 Å². The van der Waals surface area contributed by atoms with Crippen molar-refractivity contribution in [2.24, 2.45) is 0 Å². The van der Waals surface area contributed by atoms with Crippen LogP contribution in [0.15, 0.2) is 84.9 Å². The van der Waals surface area contributed by atoms with Crippen molar-refractivity contribution in [3.63, 3.8) is 0 Å². The number of rotatable bonds is 10. The summed E-state index contributed by atoms with van der Waals surface area (Å²) in [5.74, 6) is 0. The summed E-state index contributed by atoms with van der Waals surface area (Å²) < 4.78 is 33.5. The van der Waals surface area contributed by atoms with E-state index in [9.17, 15) is 0 Å². The summed E-state index contributed by atoms with van der Waals surface area (Å²) in [4.78, 5) is 3.07. The number of hydrogen-bond acceptors (Lipinski definition) is 6. The molecule has 3 aliphatic rings. The molecule has 0 aromatic heterocycles. The number of methoxy groups -OCH3 is 1. The van der Waals surface area contributed by atoms with Crippen molar-refractivity contribution in [2.45, 2.75) is 81.0 Å². The molecule has 218 valence electrons. The number of benzene rings is 3. The molecule has 0 spiro atoms. The third-order valence-corrected chi connectivity index (χ3v) is 11.9. The first kappa shape index (κ1) is 29.0. The average molecular weight is 623 g/mol. The van der Waals surface area contributed by atoms with Gasteiger partial charge in [0.15, 0.2) is 0 Å². The Balaban J connectivity index is 1.27. The van der Waals surface area contributed by atoms with E-state index >= 15 is 0 Å². The van der Waals surface area contributed by atoms with Gasteiger partial charge in [-0.15, -0.1) is 0 Å². The maximum atomic E-state index is 6.73. The van der Waals surface area contributed by atoms with Gasteiger partial charge in [0, 0.05) is 0 Å². The second-order valence-electron chi connectivity index (χ2n) is 11.0. The van der Waals surface area contributed by atoms with Crippen molar-refractivity contribution < 1.29 is 23.7 Å². The van der Waals surface area contributed by atoms with Gasteiger partial charge < -0.3 is 0 Å². The number of ether oxygens (including phenoxy) is 5. The first-order chi connectivity index (χ1) is 20.2. The molecule has 7 heteroatoms. The number of fused-ring (bicyclic) bond motifs is 3. The molecule has 3 heterocycles. The van der Waals surface area contributed by atoms with Crippen molar-refractivity contribution in [1.29, 1.82) is 0 Å². The van der Waals surface area contributed by atoms with Gasteiger partial charge in [-0.2, -0.15) is 0 Å². The van der Waals surface area contributed by atoms with Gasteiger partial charge in [-0.1, -0.05) is 0 Å². The van der Waals surface area contributed by atoms with Crippen molar-refractivity contribution in [1.82, 2.24) is 4.90 Å². The van der Waals surface area contributed by atoms with E-state index in [1.807, 2.05) is 43.5 Å². The summed E-state index contributed by atoms with van der Waals surface area (Å²) in [7, 11) is 1.85. The van der Waals surface area contributed by atoms with Crippen molar-refractivity contribution in [2.75, 3.05) is 20.3 Å². The first-order valence-corrected chi connectivity index (χ1v) is 16.7. The van der Waals surface area contributed by atoms with Crippen LogP contribution in [0.1, 0.15) is 56.0 Å². The monoisotopic (exact) mass is 623 g/mol. The zero-order valence-electron chi connectivity index (χ0n) is 24.1. The van der Waals surface area contributed by atoms with Crippen LogP contribution < -0.4 is 4.46 Å². The molecule has 0 unspecified atom stereocenters. The predicted molar refractivity (Wildman–Crippen MR) is 160 cm³/mol. The van der Waals surface area contributed by atoms with Gasteiger partial charge in [-0.25, -0.2) is 0 Å². The summed E-state index contributed by atoms with van der Waals surface area (Å²) in [5.41, 5.74) is 3.44. The van der Waals surface area contributed by atoms with E-state index in [2.05, 4.69) is 67.3 Å². The molecular weight excluding hydrogens is 581 g/mol. The van der Waals surface area contributed by atoms with Gasteiger partial charge in [0.05, 0.1) is 0 Å². The van der Waals surface area contributed by atoms with Crippen LogP contribution >= 0.6 is 0 Å². The Morgan fingerprint density at radius 3 is 1.80 bits per heavy atom. The van der Waals surface area contributed by atoms with Gasteiger partial charge in [0.2, 0.25) is 0 Å². The third kappa shape index (κ3) is 6.20. The van der Waals surface area contributed by atoms with Crippen molar-refractivity contribution >= 4 is 19.4 Å². The summed E-state index contributed by atoms with van der Waals surface area (Å²) in [6.07, 6.45) is 1.40. The molecule has 0 bridgehead atoms. The second-order valence-corrected chi connectivity index (χ2v) is 13.7. The van der Waals surface area contributed by atoms with E-state index in [1.54, 1.807) is 0 Å². The fourth-order valence-electron chi connectivity index (χ4n) is 6.43. The van der Waals surface area contributed by atoms with Crippen LogP contribution in [0, 0.1) is 0 Å². The summed E-state index contributed by atoms with van der Waals surface area (Å²) in [6, 6.07) is 29.5. The summed E-state index contributed by atoms with van der Waals surface area (Å²) in [6.45, 7) is 6.49. The van der Waals surface area contributed by atoms with Crippen LogP contribution in [-0.4, -0.2) is 70.6 Å². The van der Waals surface area contributed by atoms with Crippen LogP contribution in [0.3, 0.4) is 0 Å². The van der Waals surface area contributed by atoms with E-state index < -0.39 is 12.6 Å². The van der Waals surface area contributed by atoms with E-state index in [4.69, 9.17) is 23.7 Å². The molecule has 0 aliphatic carbocycles. The average Bonchev–Trinajstić information content (AvgIpc) is 3.34. The minimum atomic E-state index is -0.402. The van der Waals surface area contributed by atoms with Gasteiger partial charge >= 0.3 is 251 Å². The molecule has 3 aromatic rings. The molecule has 0 radical (unpaired) electrons. The number of nitrogens with zero attached hydrogens (tertiary/aromatic N) is 1. The Morgan fingerprint density at radius 1 is 0.756 bits per heavy atom. The Morgan fingerprint density at radius 2 is 1.29 bits per heavy atom. The molecule has 6 rings (SSSR count). The molecule has 6 nitrogen and oxygen atoms in total. The fraction of sp³-hybridized carbons (Fsp3) is 0.471. The Bertz CT molecular complexity index is 1180. The molecule has 3 aromatic carbocycles. The normalized spacial score (nSPS) is 29.4. The van der Waals surface area contributed by atoms with E-state index in [0.717, 1.165) is 30.5 Å². The maximum absolute atomic E-state index is 6.73. The van der Waals surface area contributed by atoms with E-state index in [-0.39, 0.29) is 24.3 Å². The van der Waals surface area contributed by atoms with Crippen molar-refractivity contribution in [3.8, 4) is 0 Å². The minimum absolute atomic E-state index is 0.0768. The van der Waals surface area contributed by atoms with Crippen molar-refractivity contribution in [3.05, 3.63) is 102 Å². The Kier molecular flexibility index (Phi) is 9.55. The zero-order chi connectivity index (χ0) is 28.2. The van der Waals surface area contributed by atoms with Gasteiger partial charge in [-0.05, 0) is 0 Å². The predicted octanol–water partition coefficient (Wildman–Crippen LogP) is 5.42. The molecule has 0 amide bonds. The van der Waals surface area contributed by atoms with Crippen LogP contribution in [0.25, 0.3) is 0 Å². The quantitative estimate of drug-likeness (QED) is 0.282. The molecule has 0 saturated carbocycles. The van der Waals surface area contributed by atoms with Gasteiger partial charge in [0.1, 0.15) is 0 Å². The molecule has 0 N–H and O–H groups in total. The van der Waals surface area contributed by atoms with Gasteiger partial charge in [0.25, 0.3) is 0 Å². The zero-order valence-corrected chi connectivity index (χ0v) is 25.8. The van der Waals surface area contributed by atoms with Gasteiger partial charge in [-0.3, -0.25) is 0 Å². The topological polar surface area (TPSA) is 49.4 Å². The van der Waals surface area contributed by atoms with E-state index in [0.29, 0.717) is 39.1 Å². The second kappa shape index (κ2) is 13.5. The summed E-state index contributed by atoms with van der Waals surface area (Å²) in [5, 5.41) is 0. The van der Waals surface area contributed by atoms with Crippen LogP contribution in [0.5, 0.6) is 0 Å². The number of hydrogen-bond donors (Lipinski definition) is 0. The SMILES string of the molecule is CC[C@@H](OC)[C@@H](CC)[Se]c1ccccc1CN1[C@H]2CO[C@@H](c3ccccc3)O[C@H]2[C@@H]2O[C@H](c3ccccc3)OC[C@@H]21. The molecule has 41 heavy (non-hydrogen) atoms. The standard InChI is InChI=1S/C34H41NO5Se/c1-4-28(36-3)29(5-2)41-30-19-13-12-18-25(30)20-35-26-21-37-33(23-14-8-6-9-15-23)39-31(26)32-27(35)22-38-34(40-32)24-16-10-7-11-17-24/h6-19,26-29,31-34H,4-5,20-22H2,1-3H3/t26-,27-,28+,29+,31+,32+,33+,34+/m0/s1. The van der Waals surface area contributed by atoms with Crippen LogP contribution in [0.2, 0.25) is 4.82 Å². The Labute approximate surface area is 250 Å². The molecule has 3 saturated heterocycles. The molecule has 3 fully saturated rings. The van der Waals surface area contributed by atoms with Crippen LogP contribution in [0.4, 0.5) is 0 Å². The summed E-state index contributed by atoms with van der Waals surface area (Å²) >= 11 is 0.302. The third-order valence-electron chi connectivity index (χ3n) is 8.60. The molecule has 3 aliphatic heterocycles. The Hall–Kier alpha value is -2.06. The number of likely N-dealkylation sites (tertiary alicyclic amines) is 1. The fourth-order valence-corrected chi connectivity index (χ4v) is 9.35.